The van der Waals surface area contributed by atoms with Crippen molar-refractivity contribution in [2.24, 2.45) is 0 Å². The summed E-state index contributed by atoms with van der Waals surface area (Å²) in [6.45, 7) is -1.31. The van der Waals surface area contributed by atoms with E-state index >= 15 is 0 Å². The average molecular weight is 313 g/mol. The van der Waals surface area contributed by atoms with Crippen LogP contribution in [0.4, 0.5) is 22.0 Å². The summed E-state index contributed by atoms with van der Waals surface area (Å²) in [5, 5.41) is 18.1. The van der Waals surface area contributed by atoms with Crippen LogP contribution >= 0.6 is 0 Å². The summed E-state index contributed by atoms with van der Waals surface area (Å²) in [6, 6.07) is 3.03. The molecule has 21 heavy (non-hydrogen) atoms. The van der Waals surface area contributed by atoms with Gasteiger partial charge in [0.2, 0.25) is 0 Å². The Bertz CT molecular complexity index is 453. The summed E-state index contributed by atoms with van der Waals surface area (Å²) in [5.41, 5.74) is 0.279. The van der Waals surface area contributed by atoms with Gasteiger partial charge < -0.3 is 10.2 Å². The number of hydrogen-bond donors (Lipinski definition) is 2. The van der Waals surface area contributed by atoms with Crippen molar-refractivity contribution in [1.82, 2.24) is 4.90 Å². The van der Waals surface area contributed by atoms with Gasteiger partial charge in [0.1, 0.15) is 0 Å². The Morgan fingerprint density at radius 3 is 2.33 bits per heavy atom. The number of halogens is 5. The zero-order valence-corrected chi connectivity index (χ0v) is 11.1. The van der Waals surface area contributed by atoms with Gasteiger partial charge >= 0.3 is 6.18 Å². The maximum atomic E-state index is 13.1. The zero-order chi connectivity index (χ0) is 16.0. The van der Waals surface area contributed by atoms with Gasteiger partial charge in [-0.25, -0.2) is 8.78 Å². The molecule has 1 aromatic rings. The molecule has 0 heterocycles. The van der Waals surface area contributed by atoms with Crippen molar-refractivity contribution in [3.8, 4) is 0 Å². The van der Waals surface area contributed by atoms with Gasteiger partial charge in [-0.3, -0.25) is 4.90 Å². The number of aliphatic hydroxyl groups excluding tert-OH is 2. The SMILES string of the molecule is OC[C@@H](O)CN(CCC(F)(F)F)Cc1ccc(F)c(F)c1. The topological polar surface area (TPSA) is 43.7 Å². The highest BCUT2D eigenvalue weighted by molar-refractivity contribution is 5.17. The molecule has 0 radical (unpaired) electrons. The fourth-order valence-electron chi connectivity index (χ4n) is 1.77. The van der Waals surface area contributed by atoms with Gasteiger partial charge in [0.15, 0.2) is 11.6 Å². The van der Waals surface area contributed by atoms with E-state index in [-0.39, 0.29) is 18.7 Å². The van der Waals surface area contributed by atoms with Crippen LogP contribution in [-0.4, -0.2) is 47.1 Å². The molecule has 0 aromatic heterocycles. The third-order valence-corrected chi connectivity index (χ3v) is 2.78. The fraction of sp³-hybridized carbons (Fsp3) is 0.538. The minimum Gasteiger partial charge on any atom is -0.394 e. The van der Waals surface area contributed by atoms with Crippen LogP contribution in [0.1, 0.15) is 12.0 Å². The van der Waals surface area contributed by atoms with E-state index in [1.807, 2.05) is 0 Å². The third-order valence-electron chi connectivity index (χ3n) is 2.78. The van der Waals surface area contributed by atoms with E-state index in [2.05, 4.69) is 0 Å². The molecule has 0 unspecified atom stereocenters. The Balaban J connectivity index is 2.72. The number of alkyl halides is 3. The molecular formula is C13H16F5NO2. The molecule has 3 nitrogen and oxygen atoms in total. The van der Waals surface area contributed by atoms with Crippen molar-refractivity contribution in [1.29, 1.82) is 0 Å². The van der Waals surface area contributed by atoms with Crippen LogP contribution in [0.3, 0.4) is 0 Å². The summed E-state index contributed by atoms with van der Waals surface area (Å²) in [7, 11) is 0. The molecule has 0 saturated heterocycles. The molecule has 8 heteroatoms. The molecule has 1 atom stereocenters. The molecule has 0 aliphatic carbocycles. The minimum absolute atomic E-state index is 0.0929. The number of benzene rings is 1. The lowest BCUT2D eigenvalue weighted by atomic mass is 10.2. The second kappa shape index (κ2) is 7.67. The second-order valence-corrected chi connectivity index (χ2v) is 4.69. The smallest absolute Gasteiger partial charge is 0.390 e. The summed E-state index contributed by atoms with van der Waals surface area (Å²) in [6.07, 6.45) is -6.67. The van der Waals surface area contributed by atoms with E-state index in [4.69, 9.17) is 5.11 Å². The summed E-state index contributed by atoms with van der Waals surface area (Å²) >= 11 is 0. The molecule has 120 valence electrons. The highest BCUT2D eigenvalue weighted by Crippen LogP contribution is 2.21. The van der Waals surface area contributed by atoms with Gasteiger partial charge in [0.25, 0.3) is 0 Å². The average Bonchev–Trinajstić information content (AvgIpc) is 2.39. The number of aliphatic hydroxyl groups is 2. The normalized spacial score (nSPS) is 13.7. The van der Waals surface area contributed by atoms with Crippen LogP contribution < -0.4 is 0 Å². The maximum absolute atomic E-state index is 13.1. The second-order valence-electron chi connectivity index (χ2n) is 4.69. The lowest BCUT2D eigenvalue weighted by Crippen LogP contribution is -2.36. The van der Waals surface area contributed by atoms with Gasteiger partial charge in [-0.15, -0.1) is 0 Å². The first-order valence-corrected chi connectivity index (χ1v) is 6.23. The van der Waals surface area contributed by atoms with Gasteiger partial charge in [-0.05, 0) is 17.7 Å². The van der Waals surface area contributed by atoms with E-state index < -0.39 is 43.5 Å². The summed E-state index contributed by atoms with van der Waals surface area (Å²) in [5.74, 6) is -2.14. The third kappa shape index (κ3) is 6.83. The molecule has 0 aliphatic rings. The Labute approximate surface area is 118 Å². The zero-order valence-electron chi connectivity index (χ0n) is 11.1. The minimum atomic E-state index is -4.36. The van der Waals surface area contributed by atoms with Crippen molar-refractivity contribution in [2.45, 2.75) is 25.2 Å². The first kappa shape index (κ1) is 17.8. The summed E-state index contributed by atoms with van der Waals surface area (Å²) in [4.78, 5) is 1.22. The maximum Gasteiger partial charge on any atom is 0.390 e. The first-order valence-electron chi connectivity index (χ1n) is 6.23. The van der Waals surface area contributed by atoms with Crippen LogP contribution in [0, 0.1) is 11.6 Å². The van der Waals surface area contributed by atoms with E-state index in [0.717, 1.165) is 12.1 Å². The molecule has 2 N–H and O–H groups in total. The van der Waals surface area contributed by atoms with E-state index in [9.17, 15) is 27.1 Å². The molecule has 0 amide bonds. The van der Waals surface area contributed by atoms with Gasteiger partial charge in [-0.2, -0.15) is 13.2 Å². The Hall–Kier alpha value is -1.25. The standard InChI is InChI=1S/C13H16F5NO2/c14-11-2-1-9(5-12(11)15)6-19(7-10(21)8-20)4-3-13(16,17)18/h1-2,5,10,20-21H,3-4,6-8H2/t10-/m0/s1. The van der Waals surface area contributed by atoms with Crippen LogP contribution in [0.5, 0.6) is 0 Å². The van der Waals surface area contributed by atoms with Crippen molar-refractivity contribution < 1.29 is 32.2 Å². The molecule has 0 spiro atoms. The molecule has 1 aromatic carbocycles. The molecule has 0 saturated carbocycles. The predicted octanol–water partition coefficient (Wildman–Crippen LogP) is 2.07. The van der Waals surface area contributed by atoms with E-state index in [1.165, 1.54) is 11.0 Å². The largest absolute Gasteiger partial charge is 0.394 e. The van der Waals surface area contributed by atoms with Gasteiger partial charge in [-0.1, -0.05) is 6.07 Å². The van der Waals surface area contributed by atoms with Crippen molar-refractivity contribution in [2.75, 3.05) is 19.7 Å². The highest BCUT2D eigenvalue weighted by atomic mass is 19.4. The predicted molar refractivity (Wildman–Crippen MR) is 65.4 cm³/mol. The Morgan fingerprint density at radius 1 is 1.14 bits per heavy atom. The molecular weight excluding hydrogens is 297 g/mol. The fourth-order valence-corrected chi connectivity index (χ4v) is 1.77. The summed E-state index contributed by atoms with van der Waals surface area (Å²) < 4.78 is 62.6. The quantitative estimate of drug-likeness (QED) is 0.758. The first-order chi connectivity index (χ1) is 9.71. The van der Waals surface area contributed by atoms with Crippen LogP contribution in [0.25, 0.3) is 0 Å². The molecule has 0 aliphatic heterocycles. The van der Waals surface area contributed by atoms with Gasteiger partial charge in [0, 0.05) is 19.6 Å². The van der Waals surface area contributed by atoms with Crippen molar-refractivity contribution in [3.05, 3.63) is 35.4 Å². The Kier molecular flexibility index (Phi) is 6.50. The van der Waals surface area contributed by atoms with E-state index in [1.54, 1.807) is 0 Å². The van der Waals surface area contributed by atoms with Crippen LogP contribution in [0.2, 0.25) is 0 Å². The number of hydrogen-bond acceptors (Lipinski definition) is 3. The molecule has 0 bridgehead atoms. The lowest BCUT2D eigenvalue weighted by molar-refractivity contribution is -0.139. The number of rotatable bonds is 7. The molecule has 0 fully saturated rings. The lowest BCUT2D eigenvalue weighted by Gasteiger charge is -2.25. The van der Waals surface area contributed by atoms with E-state index in [0.29, 0.717) is 0 Å². The van der Waals surface area contributed by atoms with Crippen molar-refractivity contribution in [3.63, 3.8) is 0 Å². The Morgan fingerprint density at radius 2 is 1.81 bits per heavy atom. The monoisotopic (exact) mass is 313 g/mol. The highest BCUT2D eigenvalue weighted by Gasteiger charge is 2.28. The molecule has 1 rings (SSSR count). The van der Waals surface area contributed by atoms with Gasteiger partial charge in [0.05, 0.1) is 19.1 Å². The van der Waals surface area contributed by atoms with Crippen LogP contribution in [-0.2, 0) is 6.54 Å². The van der Waals surface area contributed by atoms with Crippen molar-refractivity contribution >= 4 is 0 Å². The van der Waals surface area contributed by atoms with Crippen LogP contribution in [0.15, 0.2) is 18.2 Å². The number of nitrogens with zero attached hydrogens (tertiary/aromatic N) is 1.